The summed E-state index contributed by atoms with van der Waals surface area (Å²) >= 11 is 0. The minimum Gasteiger partial charge on any atom is -0.490 e. The van der Waals surface area contributed by atoms with Gasteiger partial charge in [-0.25, -0.2) is 9.97 Å². The van der Waals surface area contributed by atoms with Crippen molar-refractivity contribution in [1.29, 1.82) is 0 Å². The molecule has 6 aromatic rings. The van der Waals surface area contributed by atoms with Crippen molar-refractivity contribution >= 4 is 63.8 Å². The van der Waals surface area contributed by atoms with E-state index in [9.17, 15) is 19.2 Å². The number of hydrazone groups is 1. The number of ether oxygens (including phenoxy) is 3. The zero-order valence-corrected chi connectivity index (χ0v) is 39.1. The molecule has 0 spiro atoms. The van der Waals surface area contributed by atoms with Crippen molar-refractivity contribution in [3.05, 3.63) is 82.5 Å². The number of benzene rings is 2. The highest BCUT2D eigenvalue weighted by Gasteiger charge is 2.37. The number of aromatic nitrogens is 8. The third-order valence-electron chi connectivity index (χ3n) is 12.6. The number of hydrogen-bond donors (Lipinski definition) is 5. The number of likely N-dealkylation sites (tertiary alicyclic amines) is 1. The van der Waals surface area contributed by atoms with Crippen LogP contribution < -0.4 is 37.0 Å². The number of nitrogens with two attached hydrogens (primary N) is 2. The molecule has 3 aliphatic rings. The highest BCUT2D eigenvalue weighted by Crippen LogP contribution is 2.35. The van der Waals surface area contributed by atoms with Crippen molar-refractivity contribution in [2.45, 2.75) is 97.8 Å². The van der Waals surface area contributed by atoms with Crippen LogP contribution in [0.25, 0.3) is 22.1 Å². The highest BCUT2D eigenvalue weighted by atomic mass is 16.5. The molecule has 2 saturated heterocycles. The molecule has 362 valence electrons. The molecule has 0 radical (unpaired) electrons. The Morgan fingerprint density at radius 1 is 0.783 bits per heavy atom. The quantitative estimate of drug-likeness (QED) is 0.0210. The minimum absolute atomic E-state index is 0.0440. The van der Waals surface area contributed by atoms with Gasteiger partial charge in [0, 0.05) is 63.4 Å². The molecule has 7 heterocycles. The maximum Gasteiger partial charge on any atom is 0.276 e. The fourth-order valence-electron chi connectivity index (χ4n) is 9.29. The second kappa shape index (κ2) is 19.9. The monoisotopic (exact) mass is 943 g/mol. The summed E-state index contributed by atoms with van der Waals surface area (Å²) in [7, 11) is 0. The number of amides is 3. The van der Waals surface area contributed by atoms with Gasteiger partial charge in [0.05, 0.1) is 40.7 Å². The van der Waals surface area contributed by atoms with Gasteiger partial charge in [0.2, 0.25) is 11.9 Å². The van der Waals surface area contributed by atoms with Gasteiger partial charge in [-0.15, -0.1) is 0 Å². The smallest absolute Gasteiger partial charge is 0.276 e. The number of nitrogens with zero attached hydrogens (tertiary/aromatic N) is 10. The first-order chi connectivity index (χ1) is 33.4. The molecule has 2 bridgehead atoms. The predicted molar refractivity (Wildman–Crippen MR) is 257 cm³/mol. The summed E-state index contributed by atoms with van der Waals surface area (Å²) in [6.45, 7) is 10.6. The molecule has 3 aliphatic heterocycles. The number of carbonyl (C=O) groups is 4. The second-order valence-corrected chi connectivity index (χ2v) is 17.5. The molecule has 2 fully saturated rings. The fraction of sp³-hybridized carbons (Fsp3) is 0.426. The molecule has 4 aromatic heterocycles. The lowest BCUT2D eigenvalue weighted by atomic mass is 10.1. The van der Waals surface area contributed by atoms with Gasteiger partial charge in [-0.3, -0.25) is 44.1 Å². The second-order valence-electron chi connectivity index (χ2n) is 17.5. The van der Waals surface area contributed by atoms with Gasteiger partial charge in [0.15, 0.2) is 0 Å². The average molecular weight is 944 g/mol. The maximum atomic E-state index is 14.1. The Balaban J connectivity index is 1.16. The van der Waals surface area contributed by atoms with Crippen LogP contribution in [0, 0.1) is 13.8 Å². The van der Waals surface area contributed by atoms with Gasteiger partial charge in [0.1, 0.15) is 59.3 Å². The Kier molecular flexibility index (Phi) is 13.4. The summed E-state index contributed by atoms with van der Waals surface area (Å²) < 4.78 is 26.8. The number of imidazole rings is 2. The SMILES string of the molecule is CCn1nc(C)cc1C(=O)Nc1nc2cc(C=O)cc3c2n1C/C=C/Cn1c(NC(=O)c2cc(C)nn2CC)nc2cc(C(=O)NCCCC(N)=NN)cc(c21)OCC(N1CC2CCC(C1)O2)CO3. The Bertz CT molecular complexity index is 2990. The average Bonchev–Trinajstić information content (AvgIpc) is 4.17. The zero-order chi connectivity index (χ0) is 48.3. The van der Waals surface area contributed by atoms with Crippen LogP contribution >= 0.6 is 0 Å². The van der Waals surface area contributed by atoms with Gasteiger partial charge in [0.25, 0.3) is 17.7 Å². The van der Waals surface area contributed by atoms with Gasteiger partial charge >= 0.3 is 0 Å². The van der Waals surface area contributed by atoms with Crippen LogP contribution in [0.1, 0.15) is 92.6 Å². The molecule has 3 unspecified atom stereocenters. The lowest BCUT2D eigenvalue weighted by Gasteiger charge is -2.37. The predicted octanol–water partition coefficient (Wildman–Crippen LogP) is 3.75. The van der Waals surface area contributed by atoms with Crippen LogP contribution in [-0.4, -0.2) is 125 Å². The summed E-state index contributed by atoms with van der Waals surface area (Å²) in [5, 5.41) is 21.4. The standard InChI is InChI=1S/C47H57N15O7/c1-5-61-36(16-27(3)56-61)44(65)53-46-51-34-18-29(24-63)19-38-41(34)59(46)14-7-8-15-60-42-35(52-47(60)54-45(66)37-17-28(4)57-62(37)6-2)20-30(43(64)50-13-9-10-40(48)55-49)21-39(42)68-26-31(25-67-38)58-22-32-11-12-33(23-58)69-32/h7-8,16-21,24,31-33H,5-6,9-15,22-23,25-26,49H2,1-4H3,(H2,48,55)(H,50,64)(H,51,53,65)(H,52,54,66)/b8-7+. The normalized spacial score (nSPS) is 19.1. The molecule has 69 heavy (non-hydrogen) atoms. The number of anilines is 2. The summed E-state index contributed by atoms with van der Waals surface area (Å²) in [4.78, 5) is 66.4. The topological polar surface area (TPSA) is 271 Å². The van der Waals surface area contributed by atoms with E-state index in [-0.39, 0.29) is 73.8 Å². The van der Waals surface area contributed by atoms with Crippen molar-refractivity contribution in [2.75, 3.05) is 43.5 Å². The number of rotatable bonds is 13. The highest BCUT2D eigenvalue weighted by molar-refractivity contribution is 6.05. The van der Waals surface area contributed by atoms with Crippen LogP contribution in [0.3, 0.4) is 0 Å². The largest absolute Gasteiger partial charge is 0.490 e. The molecule has 7 N–H and O–H groups in total. The number of nitrogens with one attached hydrogen (secondary N) is 3. The molecule has 0 aliphatic carbocycles. The van der Waals surface area contributed by atoms with Crippen molar-refractivity contribution in [3.63, 3.8) is 0 Å². The number of aryl methyl sites for hydroxylation is 4. The van der Waals surface area contributed by atoms with Crippen LogP contribution in [0.2, 0.25) is 0 Å². The molecule has 22 heteroatoms. The number of allylic oxidation sites excluding steroid dienone is 2. The molecule has 3 amide bonds. The van der Waals surface area contributed by atoms with Crippen molar-refractivity contribution in [1.82, 2.24) is 48.9 Å². The fourth-order valence-corrected chi connectivity index (χ4v) is 9.29. The van der Waals surface area contributed by atoms with Crippen LogP contribution in [-0.2, 0) is 30.9 Å². The van der Waals surface area contributed by atoms with E-state index in [1.54, 1.807) is 45.8 Å². The summed E-state index contributed by atoms with van der Waals surface area (Å²) in [5.41, 5.74) is 10.5. The Morgan fingerprint density at radius 3 is 1.87 bits per heavy atom. The van der Waals surface area contributed by atoms with E-state index in [0.29, 0.717) is 107 Å². The van der Waals surface area contributed by atoms with Gasteiger partial charge in [-0.05, 0) is 83.4 Å². The number of hydrogen-bond acceptors (Lipinski definition) is 14. The number of morpholine rings is 1. The summed E-state index contributed by atoms with van der Waals surface area (Å²) in [6.07, 6.45) is 7.42. The third kappa shape index (κ3) is 9.75. The molecular weight excluding hydrogens is 887 g/mol. The van der Waals surface area contributed by atoms with E-state index < -0.39 is 11.8 Å². The number of aldehydes is 1. The number of amidine groups is 1. The van der Waals surface area contributed by atoms with E-state index >= 15 is 0 Å². The van der Waals surface area contributed by atoms with Crippen molar-refractivity contribution in [2.24, 2.45) is 16.7 Å². The summed E-state index contributed by atoms with van der Waals surface area (Å²) in [5.74, 6) is 5.59. The van der Waals surface area contributed by atoms with E-state index in [2.05, 4.69) is 36.1 Å². The maximum absolute atomic E-state index is 14.1. The van der Waals surface area contributed by atoms with Gasteiger partial charge in [-0.2, -0.15) is 15.3 Å². The molecule has 2 aromatic carbocycles. The van der Waals surface area contributed by atoms with Crippen LogP contribution in [0.4, 0.5) is 11.9 Å². The van der Waals surface area contributed by atoms with Gasteiger partial charge in [-0.1, -0.05) is 12.2 Å². The molecule has 3 atom stereocenters. The van der Waals surface area contributed by atoms with Crippen LogP contribution in [0.15, 0.2) is 53.7 Å². The third-order valence-corrected chi connectivity index (χ3v) is 12.6. The first kappa shape index (κ1) is 46.5. The van der Waals surface area contributed by atoms with E-state index in [1.165, 1.54) is 0 Å². The lowest BCUT2D eigenvalue weighted by molar-refractivity contribution is -0.0639. The number of fused-ring (bicyclic) bond motifs is 2. The Morgan fingerprint density at radius 2 is 1.33 bits per heavy atom. The molecule has 9 rings (SSSR count). The Labute approximate surface area is 397 Å². The van der Waals surface area contributed by atoms with Crippen LogP contribution in [0.5, 0.6) is 11.5 Å². The summed E-state index contributed by atoms with van der Waals surface area (Å²) in [6, 6.07) is 9.77. The first-order valence-electron chi connectivity index (χ1n) is 23.3. The Hall–Kier alpha value is -7.59. The van der Waals surface area contributed by atoms with Gasteiger partial charge < -0.3 is 40.2 Å². The lowest BCUT2D eigenvalue weighted by Crippen LogP contribution is -2.52. The molecular formula is C47H57N15O7. The molecule has 22 nitrogen and oxygen atoms in total. The van der Waals surface area contributed by atoms with Crippen molar-refractivity contribution in [3.8, 4) is 11.5 Å². The zero-order valence-electron chi connectivity index (χ0n) is 39.1. The number of carbonyl (C=O) groups excluding carboxylic acids is 4. The minimum atomic E-state index is -0.420. The molecule has 0 saturated carbocycles. The van der Waals surface area contributed by atoms with Crippen molar-refractivity contribution < 1.29 is 33.4 Å². The van der Waals surface area contributed by atoms with E-state index in [0.717, 1.165) is 19.1 Å². The van der Waals surface area contributed by atoms with E-state index in [1.807, 2.05) is 49.0 Å². The first-order valence-corrected chi connectivity index (χ1v) is 23.3. The van der Waals surface area contributed by atoms with E-state index in [4.69, 9.17) is 35.8 Å².